The van der Waals surface area contributed by atoms with Gasteiger partial charge in [-0.2, -0.15) is 0 Å². The molecule has 0 N–H and O–H groups in total. The number of hydrogen-bond donors (Lipinski definition) is 0. The summed E-state index contributed by atoms with van der Waals surface area (Å²) < 4.78 is 4.54. The van der Waals surface area contributed by atoms with E-state index in [1.54, 1.807) is 12.2 Å². The van der Waals surface area contributed by atoms with Gasteiger partial charge in [0.25, 0.3) is 0 Å². The van der Waals surface area contributed by atoms with E-state index in [2.05, 4.69) is 11.3 Å². The fourth-order valence-corrected chi connectivity index (χ4v) is 1.82. The number of hydrogen-bond acceptors (Lipinski definition) is 3. The van der Waals surface area contributed by atoms with Crippen molar-refractivity contribution in [2.75, 3.05) is 0 Å². The topological polar surface area (TPSA) is 43.4 Å². The normalized spacial score (nSPS) is 37.1. The van der Waals surface area contributed by atoms with Crippen molar-refractivity contribution in [1.82, 2.24) is 0 Å². The lowest BCUT2D eigenvalue weighted by molar-refractivity contribution is -0.153. The van der Waals surface area contributed by atoms with E-state index >= 15 is 0 Å². The van der Waals surface area contributed by atoms with Gasteiger partial charge in [0.1, 0.15) is 0 Å². The van der Waals surface area contributed by atoms with E-state index < -0.39 is 5.97 Å². The van der Waals surface area contributed by atoms with E-state index in [0.717, 1.165) is 0 Å². The SMILES string of the molecule is C=CC1C=CC2C(=O)OC(=O)C2C1. The highest BCUT2D eigenvalue weighted by Crippen LogP contribution is 2.35. The van der Waals surface area contributed by atoms with Gasteiger partial charge in [0, 0.05) is 0 Å². The van der Waals surface area contributed by atoms with Gasteiger partial charge >= 0.3 is 11.9 Å². The smallest absolute Gasteiger partial charge is 0.321 e. The second kappa shape index (κ2) is 2.83. The van der Waals surface area contributed by atoms with Crippen LogP contribution in [-0.4, -0.2) is 11.9 Å². The Balaban J connectivity index is 2.26. The minimum absolute atomic E-state index is 0.194. The lowest BCUT2D eigenvalue weighted by Crippen LogP contribution is -2.22. The summed E-state index contributed by atoms with van der Waals surface area (Å²) in [6, 6.07) is 0. The largest absolute Gasteiger partial charge is 0.392 e. The number of rotatable bonds is 1. The summed E-state index contributed by atoms with van der Waals surface area (Å²) in [5.41, 5.74) is 0. The van der Waals surface area contributed by atoms with Gasteiger partial charge in [0.2, 0.25) is 0 Å². The van der Waals surface area contributed by atoms with Crippen LogP contribution in [0.4, 0.5) is 0 Å². The lowest BCUT2D eigenvalue weighted by atomic mass is 9.81. The summed E-state index contributed by atoms with van der Waals surface area (Å²) in [5, 5.41) is 0. The molecule has 2 aliphatic rings. The molecule has 3 heteroatoms. The average Bonchev–Trinajstić information content (AvgIpc) is 2.42. The zero-order chi connectivity index (χ0) is 9.42. The Hall–Kier alpha value is -1.38. The Morgan fingerprint density at radius 1 is 1.38 bits per heavy atom. The van der Waals surface area contributed by atoms with Gasteiger partial charge in [-0.1, -0.05) is 18.2 Å². The molecule has 0 radical (unpaired) electrons. The summed E-state index contributed by atoms with van der Waals surface area (Å²) >= 11 is 0. The van der Waals surface area contributed by atoms with Crippen LogP contribution in [-0.2, 0) is 14.3 Å². The Morgan fingerprint density at radius 2 is 2.15 bits per heavy atom. The molecule has 0 saturated carbocycles. The molecule has 3 nitrogen and oxygen atoms in total. The zero-order valence-corrected chi connectivity index (χ0v) is 7.10. The number of esters is 2. The predicted molar refractivity (Wildman–Crippen MR) is 45.5 cm³/mol. The molecule has 0 bridgehead atoms. The van der Waals surface area contributed by atoms with Crippen LogP contribution in [0.1, 0.15) is 6.42 Å². The van der Waals surface area contributed by atoms with Gasteiger partial charge in [0.05, 0.1) is 11.8 Å². The number of carbonyl (C=O) groups is 2. The second-order valence-electron chi connectivity index (χ2n) is 3.39. The van der Waals surface area contributed by atoms with Gasteiger partial charge in [-0.3, -0.25) is 9.59 Å². The fraction of sp³-hybridized carbons (Fsp3) is 0.400. The Labute approximate surface area is 76.1 Å². The van der Waals surface area contributed by atoms with E-state index in [4.69, 9.17) is 0 Å². The molecule has 1 aliphatic heterocycles. The van der Waals surface area contributed by atoms with Crippen molar-refractivity contribution in [3.8, 4) is 0 Å². The molecule has 1 aliphatic carbocycles. The molecule has 1 fully saturated rings. The van der Waals surface area contributed by atoms with Crippen LogP contribution in [0, 0.1) is 17.8 Å². The van der Waals surface area contributed by atoms with Crippen molar-refractivity contribution in [2.24, 2.45) is 17.8 Å². The van der Waals surface area contributed by atoms with Crippen molar-refractivity contribution in [3.63, 3.8) is 0 Å². The highest BCUT2D eigenvalue weighted by molar-refractivity contribution is 5.97. The van der Waals surface area contributed by atoms with E-state index in [0.29, 0.717) is 6.42 Å². The lowest BCUT2D eigenvalue weighted by Gasteiger charge is -2.19. The molecule has 0 amide bonds. The minimum atomic E-state index is -0.409. The molecule has 0 spiro atoms. The second-order valence-corrected chi connectivity index (χ2v) is 3.39. The number of carbonyl (C=O) groups excluding carboxylic acids is 2. The molecule has 2 rings (SSSR count). The third-order valence-electron chi connectivity index (χ3n) is 2.60. The van der Waals surface area contributed by atoms with Gasteiger partial charge in [-0.15, -0.1) is 6.58 Å². The summed E-state index contributed by atoms with van der Waals surface area (Å²) in [6.45, 7) is 3.65. The predicted octanol–water partition coefficient (Wildman–Crippen LogP) is 1.06. The number of ether oxygens (including phenoxy) is 1. The van der Waals surface area contributed by atoms with Crippen molar-refractivity contribution >= 4 is 11.9 Å². The van der Waals surface area contributed by atoms with Gasteiger partial charge in [-0.05, 0) is 12.3 Å². The number of allylic oxidation sites excluding steroid dienone is 2. The molecule has 13 heavy (non-hydrogen) atoms. The Morgan fingerprint density at radius 3 is 2.85 bits per heavy atom. The van der Waals surface area contributed by atoms with E-state index in [-0.39, 0.29) is 23.7 Å². The maximum atomic E-state index is 11.2. The van der Waals surface area contributed by atoms with E-state index in [1.807, 2.05) is 6.08 Å². The van der Waals surface area contributed by atoms with Crippen molar-refractivity contribution < 1.29 is 14.3 Å². The summed E-state index contributed by atoms with van der Waals surface area (Å²) in [5.74, 6) is -1.22. The molecule has 0 aromatic rings. The molecule has 0 aromatic carbocycles. The van der Waals surface area contributed by atoms with E-state index in [1.165, 1.54) is 0 Å². The maximum absolute atomic E-state index is 11.2. The molecular formula is C10H10O3. The van der Waals surface area contributed by atoms with Gasteiger partial charge in [0.15, 0.2) is 0 Å². The van der Waals surface area contributed by atoms with Crippen molar-refractivity contribution in [2.45, 2.75) is 6.42 Å². The molecule has 0 aromatic heterocycles. The molecule has 3 atom stereocenters. The fourth-order valence-electron chi connectivity index (χ4n) is 1.82. The van der Waals surface area contributed by atoms with Crippen LogP contribution < -0.4 is 0 Å². The van der Waals surface area contributed by atoms with Crippen LogP contribution in [0.2, 0.25) is 0 Å². The Kier molecular flexibility index (Phi) is 1.79. The molecule has 68 valence electrons. The van der Waals surface area contributed by atoms with Crippen LogP contribution >= 0.6 is 0 Å². The molecule has 1 heterocycles. The molecule has 1 saturated heterocycles. The molecular weight excluding hydrogens is 168 g/mol. The van der Waals surface area contributed by atoms with Crippen LogP contribution in [0.5, 0.6) is 0 Å². The van der Waals surface area contributed by atoms with Crippen LogP contribution in [0.25, 0.3) is 0 Å². The monoisotopic (exact) mass is 178 g/mol. The quantitative estimate of drug-likeness (QED) is 0.342. The van der Waals surface area contributed by atoms with E-state index in [9.17, 15) is 9.59 Å². The first-order valence-electron chi connectivity index (χ1n) is 4.29. The first kappa shape index (κ1) is 8.23. The summed E-state index contributed by atoms with van der Waals surface area (Å²) in [6.07, 6.45) is 6.10. The first-order chi connectivity index (χ1) is 6.22. The summed E-state index contributed by atoms with van der Waals surface area (Å²) in [7, 11) is 0. The molecule has 3 unspecified atom stereocenters. The number of cyclic esters (lactones) is 2. The van der Waals surface area contributed by atoms with Crippen molar-refractivity contribution in [1.29, 1.82) is 0 Å². The Bertz CT molecular complexity index is 303. The van der Waals surface area contributed by atoms with Crippen LogP contribution in [0.15, 0.2) is 24.8 Å². The van der Waals surface area contributed by atoms with Gasteiger partial charge in [-0.25, -0.2) is 0 Å². The average molecular weight is 178 g/mol. The van der Waals surface area contributed by atoms with Crippen molar-refractivity contribution in [3.05, 3.63) is 24.8 Å². The number of fused-ring (bicyclic) bond motifs is 1. The maximum Gasteiger partial charge on any atom is 0.321 e. The third kappa shape index (κ3) is 1.20. The highest BCUT2D eigenvalue weighted by atomic mass is 16.6. The first-order valence-corrected chi connectivity index (χ1v) is 4.29. The zero-order valence-electron chi connectivity index (χ0n) is 7.10. The minimum Gasteiger partial charge on any atom is -0.392 e. The highest BCUT2D eigenvalue weighted by Gasteiger charge is 2.44. The third-order valence-corrected chi connectivity index (χ3v) is 2.60. The van der Waals surface area contributed by atoms with Crippen LogP contribution in [0.3, 0.4) is 0 Å². The van der Waals surface area contributed by atoms with Gasteiger partial charge < -0.3 is 4.74 Å². The standard InChI is InChI=1S/C10H10O3/c1-2-6-3-4-7-8(5-6)10(12)13-9(7)11/h2-4,6-8H,1,5H2. The summed E-state index contributed by atoms with van der Waals surface area (Å²) in [4.78, 5) is 22.3.